The monoisotopic (exact) mass is 189 g/mol. The highest BCUT2D eigenvalue weighted by molar-refractivity contribution is 5.01. The number of hydrogen-bond acceptors (Lipinski definition) is 3. The Morgan fingerprint density at radius 1 is 1.15 bits per heavy atom. The van der Waals surface area contributed by atoms with Crippen LogP contribution in [0.5, 0.6) is 0 Å². The Kier molecular flexibility index (Phi) is 3.91. The van der Waals surface area contributed by atoms with Crippen molar-refractivity contribution in [3.63, 3.8) is 0 Å². The predicted molar refractivity (Wildman–Crippen MR) is 53.8 cm³/mol. The van der Waals surface area contributed by atoms with Crippen molar-refractivity contribution < 1.29 is 10.3 Å². The van der Waals surface area contributed by atoms with Gasteiger partial charge >= 0.3 is 0 Å². The topological polar surface area (TPSA) is 43.7 Å². The first kappa shape index (κ1) is 12.9. The van der Waals surface area contributed by atoms with Gasteiger partial charge in [-0.1, -0.05) is 13.8 Å². The largest absolute Gasteiger partial charge is 0.391 e. The first-order valence-electron chi connectivity index (χ1n) is 4.96. The average molecular weight is 189 g/mol. The van der Waals surface area contributed by atoms with E-state index in [1.807, 2.05) is 41.5 Å². The minimum Gasteiger partial charge on any atom is -0.391 e. The van der Waals surface area contributed by atoms with Gasteiger partial charge in [-0.3, -0.25) is 0 Å². The molecule has 0 radical (unpaired) electrons. The molecule has 2 N–H and O–H groups in total. The number of aliphatic hydroxyl groups is 1. The van der Waals surface area contributed by atoms with Gasteiger partial charge in [-0.25, -0.2) is 0 Å². The molecule has 1 heterocycles. The molecular formula is C10H23NO2. The number of aliphatic hydroxyl groups excluding tert-OH is 1. The molecule has 0 aromatic carbocycles. The summed E-state index contributed by atoms with van der Waals surface area (Å²) in [6, 6.07) is 0. The molecule has 3 heteroatoms. The lowest BCUT2D eigenvalue weighted by Gasteiger charge is -2.34. The molecule has 3 nitrogen and oxygen atoms in total. The Labute approximate surface area is 81.3 Å². The summed E-state index contributed by atoms with van der Waals surface area (Å²) < 4.78 is 0. The quantitative estimate of drug-likeness (QED) is 0.612. The summed E-state index contributed by atoms with van der Waals surface area (Å²) in [6.07, 6.45) is 0.179. The van der Waals surface area contributed by atoms with Crippen molar-refractivity contribution in [2.24, 2.45) is 0 Å². The Morgan fingerprint density at radius 3 is 1.62 bits per heavy atom. The van der Waals surface area contributed by atoms with Gasteiger partial charge in [0.25, 0.3) is 0 Å². The van der Waals surface area contributed by atoms with E-state index < -0.39 is 11.6 Å². The van der Waals surface area contributed by atoms with E-state index in [0.29, 0.717) is 6.42 Å². The number of rotatable bonds is 0. The molecule has 0 aliphatic carbocycles. The molecule has 0 bridgehead atoms. The zero-order valence-electron chi connectivity index (χ0n) is 9.63. The number of nitrogens with zero attached hydrogens (tertiary/aromatic N) is 1. The summed E-state index contributed by atoms with van der Waals surface area (Å²) in [5.74, 6) is 0. The predicted octanol–water partition coefficient (Wildman–Crippen LogP) is 2.03. The lowest BCUT2D eigenvalue weighted by Crippen LogP contribution is -2.48. The van der Waals surface area contributed by atoms with Crippen LogP contribution in [0.4, 0.5) is 0 Å². The van der Waals surface area contributed by atoms with Gasteiger partial charge in [0.05, 0.1) is 11.6 Å². The highest BCUT2D eigenvalue weighted by Gasteiger charge is 2.50. The van der Waals surface area contributed by atoms with E-state index in [2.05, 4.69) is 0 Å². The molecule has 0 spiro atoms. The molecule has 80 valence electrons. The van der Waals surface area contributed by atoms with E-state index in [4.69, 9.17) is 0 Å². The van der Waals surface area contributed by atoms with Crippen molar-refractivity contribution in [3.05, 3.63) is 0 Å². The molecule has 0 aromatic rings. The van der Waals surface area contributed by atoms with Crippen LogP contribution in [0.3, 0.4) is 0 Å². The Hall–Kier alpha value is -0.120. The second kappa shape index (κ2) is 3.95. The van der Waals surface area contributed by atoms with Gasteiger partial charge in [-0.15, -0.1) is 0 Å². The normalized spacial score (nSPS) is 30.9. The Bertz CT molecular complexity index is 166. The number of hydrogen-bond donors (Lipinski definition) is 2. The summed E-state index contributed by atoms with van der Waals surface area (Å²) in [5, 5.41) is 20.4. The van der Waals surface area contributed by atoms with E-state index in [1.165, 1.54) is 5.06 Å². The van der Waals surface area contributed by atoms with Crippen LogP contribution in [0, 0.1) is 0 Å². The van der Waals surface area contributed by atoms with Gasteiger partial charge in [-0.2, -0.15) is 5.06 Å². The molecule has 0 amide bonds. The third-order valence-corrected chi connectivity index (χ3v) is 2.63. The molecule has 1 rings (SSSR count). The van der Waals surface area contributed by atoms with E-state index >= 15 is 0 Å². The van der Waals surface area contributed by atoms with Crippen molar-refractivity contribution in [1.82, 2.24) is 5.06 Å². The Balaban J connectivity index is 0.000000671. The second-order valence-corrected chi connectivity index (χ2v) is 4.50. The second-order valence-electron chi connectivity index (χ2n) is 4.50. The molecule has 1 aliphatic rings. The van der Waals surface area contributed by atoms with Crippen LogP contribution >= 0.6 is 0 Å². The third-order valence-electron chi connectivity index (χ3n) is 2.63. The van der Waals surface area contributed by atoms with Crippen LogP contribution in [0.25, 0.3) is 0 Å². The van der Waals surface area contributed by atoms with Gasteiger partial charge in [-0.05, 0) is 34.1 Å². The van der Waals surface area contributed by atoms with Crippen LogP contribution in [0.2, 0.25) is 0 Å². The molecule has 1 unspecified atom stereocenters. The Morgan fingerprint density at radius 2 is 1.54 bits per heavy atom. The summed E-state index contributed by atoms with van der Waals surface area (Å²) in [7, 11) is 0. The van der Waals surface area contributed by atoms with Crippen molar-refractivity contribution in [1.29, 1.82) is 0 Å². The fourth-order valence-corrected chi connectivity index (χ4v) is 1.73. The minimum atomic E-state index is -0.510. The van der Waals surface area contributed by atoms with Gasteiger partial charge in [0, 0.05) is 5.54 Å². The highest BCUT2D eigenvalue weighted by atomic mass is 16.5. The molecular weight excluding hydrogens is 166 g/mol. The molecule has 1 atom stereocenters. The number of hydroxylamine groups is 2. The van der Waals surface area contributed by atoms with E-state index in [0.717, 1.165) is 0 Å². The zero-order chi connectivity index (χ0) is 10.9. The lowest BCUT2D eigenvalue weighted by atomic mass is 9.98. The van der Waals surface area contributed by atoms with E-state index in [9.17, 15) is 10.3 Å². The zero-order valence-corrected chi connectivity index (χ0v) is 9.63. The molecule has 13 heavy (non-hydrogen) atoms. The van der Waals surface area contributed by atoms with Crippen molar-refractivity contribution in [3.8, 4) is 0 Å². The SMILES string of the molecule is CC.CC1(C)CC(O)C(C)(C)N1O. The van der Waals surface area contributed by atoms with Crippen molar-refractivity contribution in [2.45, 2.75) is 65.1 Å². The molecule has 1 aliphatic heterocycles. The van der Waals surface area contributed by atoms with Crippen molar-refractivity contribution in [2.75, 3.05) is 0 Å². The fraction of sp³-hybridized carbons (Fsp3) is 1.00. The molecule has 0 aromatic heterocycles. The van der Waals surface area contributed by atoms with Crippen LogP contribution in [-0.4, -0.2) is 32.6 Å². The smallest absolute Gasteiger partial charge is 0.0759 e. The minimum absolute atomic E-state index is 0.303. The summed E-state index contributed by atoms with van der Waals surface area (Å²) in [6.45, 7) is 11.5. The maximum atomic E-state index is 9.63. The van der Waals surface area contributed by atoms with Gasteiger partial charge < -0.3 is 10.3 Å². The molecule has 1 fully saturated rings. The van der Waals surface area contributed by atoms with Gasteiger partial charge in [0.1, 0.15) is 0 Å². The fourth-order valence-electron chi connectivity index (χ4n) is 1.73. The van der Waals surface area contributed by atoms with Crippen LogP contribution in [-0.2, 0) is 0 Å². The summed E-state index contributed by atoms with van der Waals surface area (Å²) in [5.41, 5.74) is -0.813. The van der Waals surface area contributed by atoms with E-state index in [-0.39, 0.29) is 5.54 Å². The molecule has 0 saturated carbocycles. The molecule has 1 saturated heterocycles. The standard InChI is InChI=1S/C8H17NO2.C2H6/c1-7(2)5-6(10)8(3,4)9(7)11;1-2/h6,10-11H,5H2,1-4H3;1-2H3. The third kappa shape index (κ3) is 2.22. The van der Waals surface area contributed by atoms with Gasteiger partial charge in [0.2, 0.25) is 0 Å². The van der Waals surface area contributed by atoms with Gasteiger partial charge in [0.15, 0.2) is 0 Å². The van der Waals surface area contributed by atoms with E-state index in [1.54, 1.807) is 0 Å². The highest BCUT2D eigenvalue weighted by Crippen LogP contribution is 2.38. The summed E-state index contributed by atoms with van der Waals surface area (Å²) >= 11 is 0. The van der Waals surface area contributed by atoms with Crippen LogP contribution in [0.15, 0.2) is 0 Å². The van der Waals surface area contributed by atoms with Crippen molar-refractivity contribution >= 4 is 0 Å². The van der Waals surface area contributed by atoms with Crippen LogP contribution < -0.4 is 0 Å². The summed E-state index contributed by atoms with van der Waals surface area (Å²) in [4.78, 5) is 0. The average Bonchev–Trinajstić information content (AvgIpc) is 2.17. The van der Waals surface area contributed by atoms with Crippen LogP contribution in [0.1, 0.15) is 48.0 Å². The first-order valence-corrected chi connectivity index (χ1v) is 4.96. The first-order chi connectivity index (χ1) is 5.78. The maximum absolute atomic E-state index is 9.63. The lowest BCUT2D eigenvalue weighted by molar-refractivity contribution is -0.201. The maximum Gasteiger partial charge on any atom is 0.0759 e.